The van der Waals surface area contributed by atoms with E-state index in [9.17, 15) is 14.9 Å². The van der Waals surface area contributed by atoms with Gasteiger partial charge < -0.3 is 15.0 Å². The minimum absolute atomic E-state index is 0.00304. The van der Waals surface area contributed by atoms with Crippen LogP contribution in [-0.4, -0.2) is 34.4 Å². The number of hydrogen-bond donors (Lipinski definition) is 1. The third-order valence-corrected chi connectivity index (χ3v) is 4.18. The zero-order valence-corrected chi connectivity index (χ0v) is 11.8. The number of carbonyl (C=O) groups is 1. The van der Waals surface area contributed by atoms with Gasteiger partial charge in [0.15, 0.2) is 11.6 Å². The first-order chi connectivity index (χ1) is 10.6. The van der Waals surface area contributed by atoms with Crippen LogP contribution in [-0.2, 0) is 0 Å². The highest BCUT2D eigenvalue weighted by molar-refractivity contribution is 6.12. The highest BCUT2D eigenvalue weighted by atomic mass is 16.6. The second-order valence-electron chi connectivity index (χ2n) is 5.52. The summed E-state index contributed by atoms with van der Waals surface area (Å²) in [5.41, 5.74) is 0.660. The number of benzene rings is 1. The summed E-state index contributed by atoms with van der Waals surface area (Å²) in [6, 6.07) is 6.96. The highest BCUT2D eigenvalue weighted by Crippen LogP contribution is 2.38. The molecule has 3 heterocycles. The highest BCUT2D eigenvalue weighted by Gasteiger charge is 2.47. The van der Waals surface area contributed by atoms with Gasteiger partial charge in [-0.15, -0.1) is 0 Å². The number of fused-ring (bicyclic) bond motifs is 4. The van der Waals surface area contributed by atoms with Crippen LogP contribution < -0.4 is 10.1 Å². The normalized spacial score (nSPS) is 25.6. The summed E-state index contributed by atoms with van der Waals surface area (Å²) >= 11 is 0. The standard InChI is InChI=1S/C15H13N3O4/c1-8-7-16-14-11(18(20)21)6-10-13(19)9-4-2-3-5-12(9)22-15(10)17(8)14/h2-6,8,15-16H,7H2,1H3. The number of rotatable bonds is 1. The molecule has 0 radical (unpaired) electrons. The second kappa shape index (κ2) is 4.33. The van der Waals surface area contributed by atoms with Crippen molar-refractivity contribution in [2.24, 2.45) is 0 Å². The second-order valence-corrected chi connectivity index (χ2v) is 5.52. The van der Waals surface area contributed by atoms with Crippen LogP contribution in [0, 0.1) is 10.1 Å². The quantitative estimate of drug-likeness (QED) is 0.621. The van der Waals surface area contributed by atoms with E-state index < -0.39 is 11.2 Å². The molecule has 7 nitrogen and oxygen atoms in total. The Bertz CT molecular complexity index is 768. The maximum atomic E-state index is 12.7. The molecule has 7 heteroatoms. The zero-order valence-electron chi connectivity index (χ0n) is 11.8. The van der Waals surface area contributed by atoms with Crippen LogP contribution >= 0.6 is 0 Å². The fourth-order valence-electron chi connectivity index (χ4n) is 3.13. The molecule has 3 aliphatic rings. The molecular weight excluding hydrogens is 286 g/mol. The van der Waals surface area contributed by atoms with Crippen LogP contribution in [0.2, 0.25) is 0 Å². The molecule has 0 bridgehead atoms. The third kappa shape index (κ3) is 1.59. The van der Waals surface area contributed by atoms with Gasteiger partial charge in [-0.1, -0.05) is 12.1 Å². The number of nitro groups is 1. The van der Waals surface area contributed by atoms with Crippen molar-refractivity contribution in [3.8, 4) is 5.75 Å². The maximum Gasteiger partial charge on any atom is 0.309 e. The summed E-state index contributed by atoms with van der Waals surface area (Å²) in [5.74, 6) is 0.709. The van der Waals surface area contributed by atoms with Crippen molar-refractivity contribution >= 4 is 5.78 Å². The van der Waals surface area contributed by atoms with E-state index >= 15 is 0 Å². The monoisotopic (exact) mass is 299 g/mol. The first-order valence-electron chi connectivity index (χ1n) is 7.01. The molecule has 0 amide bonds. The van der Waals surface area contributed by atoms with E-state index in [1.165, 1.54) is 6.08 Å². The van der Waals surface area contributed by atoms with E-state index in [1.807, 2.05) is 6.92 Å². The number of hydrogen-bond acceptors (Lipinski definition) is 6. The summed E-state index contributed by atoms with van der Waals surface area (Å²) in [6.45, 7) is 2.51. The summed E-state index contributed by atoms with van der Waals surface area (Å²) in [7, 11) is 0. The van der Waals surface area contributed by atoms with Crippen molar-refractivity contribution < 1.29 is 14.5 Å². The van der Waals surface area contributed by atoms with Crippen molar-refractivity contribution in [3.05, 3.63) is 63.1 Å². The molecular formula is C15H13N3O4. The molecule has 1 aromatic carbocycles. The van der Waals surface area contributed by atoms with Crippen LogP contribution in [0.25, 0.3) is 0 Å². The number of para-hydroxylation sites is 1. The minimum Gasteiger partial charge on any atom is -0.465 e. The molecule has 1 aromatic rings. The van der Waals surface area contributed by atoms with Gasteiger partial charge >= 0.3 is 5.70 Å². The Kier molecular flexibility index (Phi) is 2.53. The molecule has 1 N–H and O–H groups in total. The van der Waals surface area contributed by atoms with E-state index in [0.717, 1.165) is 0 Å². The molecule has 2 unspecified atom stereocenters. The average molecular weight is 299 g/mol. The summed E-state index contributed by atoms with van der Waals surface area (Å²) in [4.78, 5) is 25.3. The third-order valence-electron chi connectivity index (χ3n) is 4.18. The Morgan fingerprint density at radius 1 is 1.41 bits per heavy atom. The summed E-state index contributed by atoms with van der Waals surface area (Å²) in [5, 5.41) is 14.4. The number of ether oxygens (including phenoxy) is 1. The van der Waals surface area contributed by atoms with Crippen LogP contribution in [0.4, 0.5) is 0 Å². The summed E-state index contributed by atoms with van der Waals surface area (Å²) in [6.07, 6.45) is 0.714. The van der Waals surface area contributed by atoms with E-state index in [4.69, 9.17) is 4.74 Å². The van der Waals surface area contributed by atoms with Gasteiger partial charge in [-0.3, -0.25) is 14.9 Å². The topological polar surface area (TPSA) is 84.7 Å². The first-order valence-corrected chi connectivity index (χ1v) is 7.01. The Morgan fingerprint density at radius 2 is 2.18 bits per heavy atom. The van der Waals surface area contributed by atoms with Gasteiger partial charge in [0, 0.05) is 18.7 Å². The van der Waals surface area contributed by atoms with Crippen molar-refractivity contribution in [2.45, 2.75) is 19.2 Å². The van der Waals surface area contributed by atoms with E-state index in [0.29, 0.717) is 29.3 Å². The number of nitrogens with zero attached hydrogens (tertiary/aromatic N) is 2. The van der Waals surface area contributed by atoms with Gasteiger partial charge in [0.2, 0.25) is 6.23 Å². The molecule has 112 valence electrons. The smallest absolute Gasteiger partial charge is 0.309 e. The maximum absolute atomic E-state index is 12.7. The number of nitrogens with one attached hydrogen (secondary N) is 1. The van der Waals surface area contributed by atoms with Crippen LogP contribution in [0.15, 0.2) is 47.4 Å². The van der Waals surface area contributed by atoms with E-state index in [-0.39, 0.29) is 17.5 Å². The zero-order chi connectivity index (χ0) is 15.4. The van der Waals surface area contributed by atoms with Gasteiger partial charge in [0.05, 0.1) is 16.1 Å². The SMILES string of the molecule is CC1CNC2=C([N+](=O)[O-])C=C3C(=O)c4ccccc4OC3N21. The van der Waals surface area contributed by atoms with Gasteiger partial charge in [-0.05, 0) is 19.1 Å². The predicted molar refractivity (Wildman–Crippen MR) is 76.6 cm³/mol. The lowest BCUT2D eigenvalue weighted by Gasteiger charge is -2.38. The number of carbonyl (C=O) groups excluding carboxylic acids is 1. The molecule has 0 aromatic heterocycles. The molecule has 1 saturated heterocycles. The molecule has 0 saturated carbocycles. The van der Waals surface area contributed by atoms with Crippen molar-refractivity contribution in [1.82, 2.24) is 10.2 Å². The molecule has 1 fully saturated rings. The van der Waals surface area contributed by atoms with Crippen molar-refractivity contribution in [2.75, 3.05) is 6.54 Å². The molecule has 4 rings (SSSR count). The number of allylic oxidation sites excluding steroid dienone is 1. The predicted octanol–water partition coefficient (Wildman–Crippen LogP) is 1.27. The molecule has 3 aliphatic heterocycles. The van der Waals surface area contributed by atoms with E-state index in [2.05, 4.69) is 5.32 Å². The van der Waals surface area contributed by atoms with Gasteiger partial charge in [-0.2, -0.15) is 0 Å². The number of ketones is 1. The van der Waals surface area contributed by atoms with Crippen LogP contribution in [0.3, 0.4) is 0 Å². The molecule has 0 spiro atoms. The number of Topliss-reactive ketones (excluding diaryl/α,β-unsaturated/α-hetero) is 1. The Balaban J connectivity index is 1.90. The van der Waals surface area contributed by atoms with Crippen molar-refractivity contribution in [1.29, 1.82) is 0 Å². The van der Waals surface area contributed by atoms with Crippen molar-refractivity contribution in [3.63, 3.8) is 0 Å². The van der Waals surface area contributed by atoms with Crippen LogP contribution in [0.5, 0.6) is 5.75 Å². The Morgan fingerprint density at radius 3 is 2.95 bits per heavy atom. The average Bonchev–Trinajstić information content (AvgIpc) is 2.89. The van der Waals surface area contributed by atoms with Gasteiger partial charge in [0.25, 0.3) is 0 Å². The first kappa shape index (κ1) is 12.9. The van der Waals surface area contributed by atoms with E-state index in [1.54, 1.807) is 29.2 Å². The van der Waals surface area contributed by atoms with Gasteiger partial charge in [-0.25, -0.2) is 0 Å². The molecule has 2 atom stereocenters. The fraction of sp³-hybridized carbons (Fsp3) is 0.267. The lowest BCUT2D eigenvalue weighted by Crippen LogP contribution is -2.49. The lowest BCUT2D eigenvalue weighted by atomic mass is 9.94. The Hall–Kier alpha value is -2.83. The Labute approximate surface area is 126 Å². The molecule has 22 heavy (non-hydrogen) atoms. The lowest BCUT2D eigenvalue weighted by molar-refractivity contribution is -0.422. The minimum atomic E-state index is -0.619. The van der Waals surface area contributed by atoms with Crippen LogP contribution in [0.1, 0.15) is 17.3 Å². The fourth-order valence-corrected chi connectivity index (χ4v) is 3.13. The summed E-state index contributed by atoms with van der Waals surface area (Å²) < 4.78 is 5.96. The molecule has 0 aliphatic carbocycles. The largest absolute Gasteiger partial charge is 0.465 e. The van der Waals surface area contributed by atoms with Gasteiger partial charge in [0.1, 0.15) is 5.75 Å².